The molecule has 2 aromatic rings. The van der Waals surface area contributed by atoms with Crippen LogP contribution in [0.5, 0.6) is 0 Å². The highest BCUT2D eigenvalue weighted by Crippen LogP contribution is 2.18. The van der Waals surface area contributed by atoms with Crippen LogP contribution in [0.25, 0.3) is 11.3 Å². The van der Waals surface area contributed by atoms with Gasteiger partial charge in [0.1, 0.15) is 0 Å². The second-order valence-electron chi connectivity index (χ2n) is 3.23. The van der Waals surface area contributed by atoms with Gasteiger partial charge >= 0.3 is 0 Å². The van der Waals surface area contributed by atoms with Crippen LogP contribution in [0.3, 0.4) is 0 Å². The van der Waals surface area contributed by atoms with Crippen molar-refractivity contribution in [2.45, 2.75) is 6.92 Å². The molecule has 0 aliphatic carbocycles. The quantitative estimate of drug-likeness (QED) is 0.732. The first-order chi connectivity index (χ1) is 6.75. The van der Waals surface area contributed by atoms with Gasteiger partial charge in [0.05, 0.1) is 5.69 Å². The number of hydrogen-bond acceptors (Lipinski definition) is 1. The Morgan fingerprint density at radius 2 is 2.00 bits per heavy atom. The molecule has 0 saturated carbocycles. The number of rotatable bonds is 1. The fourth-order valence-corrected chi connectivity index (χ4v) is 1.83. The van der Waals surface area contributed by atoms with Gasteiger partial charge in [-0.2, -0.15) is 0 Å². The smallest absolute Gasteiger partial charge is 0.0702 e. The molecule has 0 N–H and O–H groups in total. The molecule has 1 nitrogen and oxygen atoms in total. The molecule has 1 heterocycles. The second-order valence-corrected chi connectivity index (χ2v) is 4.48. The van der Waals surface area contributed by atoms with Gasteiger partial charge in [0.25, 0.3) is 0 Å². The zero-order chi connectivity index (χ0) is 9.97. The van der Waals surface area contributed by atoms with Crippen LogP contribution in [0.4, 0.5) is 0 Å². The third-order valence-corrected chi connectivity index (χ3v) is 2.70. The Morgan fingerprint density at radius 1 is 1.14 bits per heavy atom. The van der Waals surface area contributed by atoms with Crippen molar-refractivity contribution in [2.75, 3.05) is 0 Å². The third-order valence-electron chi connectivity index (χ3n) is 2.03. The van der Waals surface area contributed by atoms with Crippen LogP contribution in [0, 0.1) is 10.5 Å². The average Bonchev–Trinajstić information content (AvgIpc) is 2.19. The maximum atomic E-state index is 4.39. The fourth-order valence-electron chi connectivity index (χ4n) is 1.29. The first-order valence-corrected chi connectivity index (χ1v) is 5.52. The van der Waals surface area contributed by atoms with Crippen LogP contribution in [0.1, 0.15) is 5.56 Å². The number of pyridine rings is 1. The van der Waals surface area contributed by atoms with Crippen LogP contribution in [0.2, 0.25) is 0 Å². The molecule has 0 radical (unpaired) electrons. The molecule has 0 amide bonds. The Balaban J connectivity index is 2.44. The maximum Gasteiger partial charge on any atom is 0.0702 e. The first kappa shape index (κ1) is 9.65. The van der Waals surface area contributed by atoms with Gasteiger partial charge in [0.15, 0.2) is 0 Å². The molecule has 14 heavy (non-hydrogen) atoms. The number of aryl methyl sites for hydroxylation is 1. The summed E-state index contributed by atoms with van der Waals surface area (Å²) in [5.74, 6) is 0. The van der Waals surface area contributed by atoms with Crippen molar-refractivity contribution < 1.29 is 0 Å². The Hall–Kier alpha value is -0.900. The van der Waals surface area contributed by atoms with E-state index in [0.717, 1.165) is 5.69 Å². The molecule has 0 aliphatic heterocycles. The highest BCUT2D eigenvalue weighted by Gasteiger charge is 1.98. The number of nitrogens with zero attached hydrogens (tertiary/aromatic N) is 1. The standard InChI is InChI=1S/C12H10IN/c1-9-5-6-12(14-8-9)10-3-2-4-11(13)7-10/h2-8H,1H3. The van der Waals surface area contributed by atoms with Gasteiger partial charge in [-0.1, -0.05) is 18.2 Å². The number of halogens is 1. The number of hydrogen-bond donors (Lipinski definition) is 0. The zero-order valence-electron chi connectivity index (χ0n) is 7.87. The van der Waals surface area contributed by atoms with E-state index in [9.17, 15) is 0 Å². The minimum absolute atomic E-state index is 1.04. The SMILES string of the molecule is Cc1ccc(-c2cccc(I)c2)nc1. The summed E-state index contributed by atoms with van der Waals surface area (Å²) in [6.45, 7) is 2.05. The van der Waals surface area contributed by atoms with Gasteiger partial charge in [-0.15, -0.1) is 0 Å². The Morgan fingerprint density at radius 3 is 2.64 bits per heavy atom. The second kappa shape index (κ2) is 4.09. The molecular formula is C12H10IN. The highest BCUT2D eigenvalue weighted by molar-refractivity contribution is 14.1. The van der Waals surface area contributed by atoms with E-state index in [1.54, 1.807) is 0 Å². The van der Waals surface area contributed by atoms with Crippen molar-refractivity contribution in [1.82, 2.24) is 4.98 Å². The summed E-state index contributed by atoms with van der Waals surface area (Å²) in [5.41, 5.74) is 3.41. The Kier molecular flexibility index (Phi) is 2.82. The minimum atomic E-state index is 1.04. The van der Waals surface area contributed by atoms with Crippen LogP contribution < -0.4 is 0 Å². The summed E-state index contributed by atoms with van der Waals surface area (Å²) in [4.78, 5) is 4.39. The Labute approximate surface area is 97.3 Å². The summed E-state index contributed by atoms with van der Waals surface area (Å²) >= 11 is 2.31. The van der Waals surface area contributed by atoms with Gasteiger partial charge in [0, 0.05) is 15.3 Å². The maximum absolute atomic E-state index is 4.39. The van der Waals surface area contributed by atoms with Crippen LogP contribution in [-0.4, -0.2) is 4.98 Å². The molecule has 2 heteroatoms. The lowest BCUT2D eigenvalue weighted by atomic mass is 10.1. The lowest BCUT2D eigenvalue weighted by Gasteiger charge is -2.01. The van der Waals surface area contributed by atoms with E-state index in [1.165, 1.54) is 14.7 Å². The van der Waals surface area contributed by atoms with Crippen LogP contribution in [-0.2, 0) is 0 Å². The van der Waals surface area contributed by atoms with E-state index in [1.807, 2.05) is 13.1 Å². The summed E-state index contributed by atoms with van der Waals surface area (Å²) in [7, 11) is 0. The first-order valence-electron chi connectivity index (χ1n) is 4.44. The van der Waals surface area contributed by atoms with Crippen LogP contribution >= 0.6 is 22.6 Å². The molecule has 0 atom stereocenters. The lowest BCUT2D eigenvalue weighted by molar-refractivity contribution is 1.27. The average molecular weight is 295 g/mol. The predicted molar refractivity (Wildman–Crippen MR) is 67.1 cm³/mol. The van der Waals surface area contributed by atoms with Gasteiger partial charge in [-0.3, -0.25) is 4.98 Å². The van der Waals surface area contributed by atoms with Gasteiger partial charge < -0.3 is 0 Å². The van der Waals surface area contributed by atoms with Crippen molar-refractivity contribution in [2.24, 2.45) is 0 Å². The highest BCUT2D eigenvalue weighted by atomic mass is 127. The van der Waals surface area contributed by atoms with E-state index in [-0.39, 0.29) is 0 Å². The molecule has 1 aromatic heterocycles. The summed E-state index contributed by atoms with van der Waals surface area (Å²) in [5, 5.41) is 0. The number of benzene rings is 1. The minimum Gasteiger partial charge on any atom is -0.256 e. The van der Waals surface area contributed by atoms with Gasteiger partial charge in [-0.05, 0) is 53.3 Å². The Bertz CT molecular complexity index is 434. The zero-order valence-corrected chi connectivity index (χ0v) is 10.0. The molecular weight excluding hydrogens is 285 g/mol. The molecule has 0 saturated heterocycles. The normalized spacial score (nSPS) is 10.1. The van der Waals surface area contributed by atoms with Crippen molar-refractivity contribution in [3.8, 4) is 11.3 Å². The van der Waals surface area contributed by atoms with E-state index in [0.29, 0.717) is 0 Å². The molecule has 0 fully saturated rings. The molecule has 0 bridgehead atoms. The van der Waals surface area contributed by atoms with Crippen molar-refractivity contribution in [3.05, 3.63) is 51.7 Å². The third kappa shape index (κ3) is 2.12. The monoisotopic (exact) mass is 295 g/mol. The summed E-state index contributed by atoms with van der Waals surface area (Å²) < 4.78 is 1.24. The molecule has 1 aromatic carbocycles. The van der Waals surface area contributed by atoms with E-state index < -0.39 is 0 Å². The summed E-state index contributed by atoms with van der Waals surface area (Å²) in [6, 6.07) is 12.5. The van der Waals surface area contributed by atoms with E-state index in [4.69, 9.17) is 0 Å². The predicted octanol–water partition coefficient (Wildman–Crippen LogP) is 3.66. The number of aromatic nitrogens is 1. The largest absolute Gasteiger partial charge is 0.256 e. The van der Waals surface area contributed by atoms with Crippen molar-refractivity contribution >= 4 is 22.6 Å². The molecule has 0 aliphatic rings. The summed E-state index contributed by atoms with van der Waals surface area (Å²) in [6.07, 6.45) is 1.90. The topological polar surface area (TPSA) is 12.9 Å². The molecule has 0 unspecified atom stereocenters. The van der Waals surface area contributed by atoms with Gasteiger partial charge in [0.2, 0.25) is 0 Å². The molecule has 0 spiro atoms. The molecule has 2 rings (SSSR count). The van der Waals surface area contributed by atoms with Crippen molar-refractivity contribution in [1.29, 1.82) is 0 Å². The van der Waals surface area contributed by atoms with E-state index >= 15 is 0 Å². The lowest BCUT2D eigenvalue weighted by Crippen LogP contribution is -1.84. The molecule has 70 valence electrons. The van der Waals surface area contributed by atoms with E-state index in [2.05, 4.69) is 64.0 Å². The van der Waals surface area contributed by atoms with Crippen molar-refractivity contribution in [3.63, 3.8) is 0 Å². The fraction of sp³-hybridized carbons (Fsp3) is 0.0833. The van der Waals surface area contributed by atoms with Gasteiger partial charge in [-0.25, -0.2) is 0 Å². The van der Waals surface area contributed by atoms with Crippen LogP contribution in [0.15, 0.2) is 42.6 Å².